The lowest BCUT2D eigenvalue weighted by Crippen LogP contribution is -2.11. The van der Waals surface area contributed by atoms with E-state index in [1.165, 1.54) is 5.56 Å². The summed E-state index contributed by atoms with van der Waals surface area (Å²) in [6.45, 7) is 9.13. The van der Waals surface area contributed by atoms with E-state index in [1.54, 1.807) is 6.21 Å². The van der Waals surface area contributed by atoms with Gasteiger partial charge >= 0.3 is 0 Å². The quantitative estimate of drug-likeness (QED) is 0.547. The van der Waals surface area contributed by atoms with Crippen LogP contribution in [-0.4, -0.2) is 12.8 Å². The van der Waals surface area contributed by atoms with E-state index in [-0.39, 0.29) is 5.41 Å². The van der Waals surface area contributed by atoms with E-state index >= 15 is 0 Å². The molecule has 1 rings (SSSR count). The van der Waals surface area contributed by atoms with E-state index in [0.717, 1.165) is 5.56 Å². The Morgan fingerprint density at radius 3 is 2.67 bits per heavy atom. The largest absolute Gasteiger partial charge is 0.396 e. The Bertz CT molecular complexity index is 337. The predicted octanol–water partition coefficient (Wildman–Crippen LogP) is 3.35. The summed E-state index contributed by atoms with van der Waals surface area (Å²) in [4.78, 5) is 4.93. The first-order valence-electron chi connectivity index (χ1n) is 5.30. The number of hydrogen-bond donors (Lipinski definition) is 0. The molecule has 1 aromatic carbocycles. The van der Waals surface area contributed by atoms with Crippen LogP contribution >= 0.6 is 0 Å². The molecule has 0 saturated carbocycles. The third-order valence-corrected chi connectivity index (χ3v) is 2.16. The zero-order valence-electron chi connectivity index (χ0n) is 9.95. The summed E-state index contributed by atoms with van der Waals surface area (Å²) in [5.41, 5.74) is 2.56. The van der Waals surface area contributed by atoms with Crippen molar-refractivity contribution >= 4 is 6.21 Å². The van der Waals surface area contributed by atoms with E-state index in [9.17, 15) is 0 Å². The second-order valence-corrected chi connectivity index (χ2v) is 4.53. The minimum Gasteiger partial charge on any atom is -0.396 e. The van der Waals surface area contributed by atoms with Crippen molar-refractivity contribution in [1.29, 1.82) is 0 Å². The van der Waals surface area contributed by atoms with E-state index in [4.69, 9.17) is 4.84 Å². The van der Waals surface area contributed by atoms with Gasteiger partial charge in [-0.05, 0) is 29.5 Å². The van der Waals surface area contributed by atoms with Crippen LogP contribution in [0.1, 0.15) is 38.8 Å². The van der Waals surface area contributed by atoms with Gasteiger partial charge in [0.05, 0.1) is 6.21 Å². The Morgan fingerprint density at radius 2 is 2.07 bits per heavy atom. The molecule has 0 atom stereocenters. The molecule has 0 N–H and O–H groups in total. The Labute approximate surface area is 91.9 Å². The van der Waals surface area contributed by atoms with Crippen LogP contribution in [0.15, 0.2) is 29.4 Å². The number of rotatable bonds is 3. The molecule has 15 heavy (non-hydrogen) atoms. The minimum atomic E-state index is 0.176. The topological polar surface area (TPSA) is 21.6 Å². The number of hydrogen-bond acceptors (Lipinski definition) is 2. The molecule has 0 aliphatic rings. The van der Waals surface area contributed by atoms with Gasteiger partial charge in [-0.1, -0.05) is 44.1 Å². The van der Waals surface area contributed by atoms with E-state index in [2.05, 4.69) is 38.1 Å². The summed E-state index contributed by atoms with van der Waals surface area (Å²) in [6, 6.07) is 8.35. The molecule has 0 fully saturated rings. The summed E-state index contributed by atoms with van der Waals surface area (Å²) in [5.74, 6) is 0. The molecule has 0 amide bonds. The number of nitrogens with zero attached hydrogens (tertiary/aromatic N) is 1. The highest BCUT2D eigenvalue weighted by atomic mass is 16.6. The highest BCUT2D eigenvalue weighted by molar-refractivity contribution is 5.79. The maximum absolute atomic E-state index is 4.93. The van der Waals surface area contributed by atoms with Gasteiger partial charge in [0.1, 0.15) is 6.61 Å². The summed E-state index contributed by atoms with van der Waals surface area (Å²) < 4.78 is 0. The third kappa shape index (κ3) is 3.74. The lowest BCUT2D eigenvalue weighted by molar-refractivity contribution is 0.160. The zero-order chi connectivity index (χ0) is 11.3. The number of benzene rings is 1. The van der Waals surface area contributed by atoms with Crippen LogP contribution < -0.4 is 0 Å². The van der Waals surface area contributed by atoms with Crippen LogP contribution in [0.3, 0.4) is 0 Å². The summed E-state index contributed by atoms with van der Waals surface area (Å²) >= 11 is 0. The molecule has 0 aromatic heterocycles. The smallest absolute Gasteiger partial charge is 0.114 e. The Morgan fingerprint density at radius 1 is 1.33 bits per heavy atom. The highest BCUT2D eigenvalue weighted by Gasteiger charge is 2.12. The van der Waals surface area contributed by atoms with Crippen molar-refractivity contribution in [1.82, 2.24) is 0 Å². The monoisotopic (exact) mass is 205 g/mol. The molecular weight excluding hydrogens is 186 g/mol. The van der Waals surface area contributed by atoms with Crippen LogP contribution in [-0.2, 0) is 10.3 Å². The van der Waals surface area contributed by atoms with Crippen LogP contribution in [0, 0.1) is 0 Å². The van der Waals surface area contributed by atoms with E-state index in [1.807, 2.05) is 19.1 Å². The van der Waals surface area contributed by atoms with Gasteiger partial charge in [0.25, 0.3) is 0 Å². The van der Waals surface area contributed by atoms with Gasteiger partial charge in [-0.3, -0.25) is 0 Å². The molecule has 82 valence electrons. The molecule has 0 aliphatic heterocycles. The zero-order valence-corrected chi connectivity index (χ0v) is 9.95. The normalized spacial score (nSPS) is 12.0. The fraction of sp³-hybridized carbons (Fsp3) is 0.462. The van der Waals surface area contributed by atoms with Gasteiger partial charge in [0.2, 0.25) is 0 Å². The third-order valence-electron chi connectivity index (χ3n) is 2.16. The molecule has 1 aromatic rings. The molecule has 0 spiro atoms. The molecule has 0 bridgehead atoms. The lowest BCUT2D eigenvalue weighted by Gasteiger charge is -2.19. The average Bonchev–Trinajstić information content (AvgIpc) is 2.17. The molecular formula is C13H19NO. The lowest BCUT2D eigenvalue weighted by atomic mass is 9.86. The predicted molar refractivity (Wildman–Crippen MR) is 64.4 cm³/mol. The number of oxime groups is 1. The van der Waals surface area contributed by atoms with Gasteiger partial charge in [0, 0.05) is 0 Å². The van der Waals surface area contributed by atoms with Gasteiger partial charge in [-0.2, -0.15) is 0 Å². The van der Waals surface area contributed by atoms with Crippen molar-refractivity contribution in [3.63, 3.8) is 0 Å². The maximum atomic E-state index is 4.93. The van der Waals surface area contributed by atoms with Crippen LogP contribution in [0.25, 0.3) is 0 Å². The second kappa shape index (κ2) is 4.96. The van der Waals surface area contributed by atoms with Gasteiger partial charge < -0.3 is 4.84 Å². The van der Waals surface area contributed by atoms with Gasteiger partial charge in [-0.25, -0.2) is 0 Å². The van der Waals surface area contributed by atoms with Gasteiger partial charge in [0.15, 0.2) is 0 Å². The fourth-order valence-electron chi connectivity index (χ4n) is 1.26. The first kappa shape index (κ1) is 11.8. The standard InChI is InChI=1S/C13H19NO/c1-5-15-14-10-11-7-6-8-12(9-11)13(2,3)4/h6-10H,5H2,1-4H3/b14-10-. The fourth-order valence-corrected chi connectivity index (χ4v) is 1.26. The SMILES string of the molecule is CCO/N=C\c1cccc(C(C)(C)C)c1. The van der Waals surface area contributed by atoms with Crippen molar-refractivity contribution < 1.29 is 4.84 Å². The van der Waals surface area contributed by atoms with E-state index < -0.39 is 0 Å². The average molecular weight is 205 g/mol. The second-order valence-electron chi connectivity index (χ2n) is 4.53. The minimum absolute atomic E-state index is 0.176. The van der Waals surface area contributed by atoms with Crippen molar-refractivity contribution in [2.75, 3.05) is 6.61 Å². The van der Waals surface area contributed by atoms with Crippen LogP contribution in [0.2, 0.25) is 0 Å². The maximum Gasteiger partial charge on any atom is 0.114 e. The molecule has 0 saturated heterocycles. The van der Waals surface area contributed by atoms with Crippen molar-refractivity contribution in [2.45, 2.75) is 33.1 Å². The molecule has 0 heterocycles. The first-order chi connectivity index (χ1) is 7.04. The van der Waals surface area contributed by atoms with Crippen LogP contribution in [0.5, 0.6) is 0 Å². The van der Waals surface area contributed by atoms with Crippen molar-refractivity contribution in [3.05, 3.63) is 35.4 Å². The van der Waals surface area contributed by atoms with Crippen LogP contribution in [0.4, 0.5) is 0 Å². The first-order valence-corrected chi connectivity index (χ1v) is 5.30. The van der Waals surface area contributed by atoms with E-state index in [0.29, 0.717) is 6.61 Å². The molecule has 0 aliphatic carbocycles. The Hall–Kier alpha value is -1.31. The highest BCUT2D eigenvalue weighted by Crippen LogP contribution is 2.22. The summed E-state index contributed by atoms with van der Waals surface area (Å²) in [5, 5.41) is 3.86. The summed E-state index contributed by atoms with van der Waals surface area (Å²) in [6.07, 6.45) is 1.75. The van der Waals surface area contributed by atoms with Crippen molar-refractivity contribution in [2.24, 2.45) is 5.16 Å². The molecule has 2 nitrogen and oxygen atoms in total. The molecule has 0 radical (unpaired) electrons. The summed E-state index contributed by atoms with van der Waals surface area (Å²) in [7, 11) is 0. The van der Waals surface area contributed by atoms with Gasteiger partial charge in [-0.15, -0.1) is 0 Å². The Kier molecular flexibility index (Phi) is 3.89. The molecule has 0 unspecified atom stereocenters. The Balaban J connectivity index is 2.84. The van der Waals surface area contributed by atoms with Crippen molar-refractivity contribution in [3.8, 4) is 0 Å². The molecule has 2 heteroatoms.